The number of nitrogens with one attached hydrogen (secondary N) is 2. The summed E-state index contributed by atoms with van der Waals surface area (Å²) in [4.78, 5) is 23.5. The number of hydrogen-bond acceptors (Lipinski definition) is 3. The maximum atomic E-state index is 12.9. The van der Waals surface area contributed by atoms with E-state index in [-0.39, 0.29) is 24.6 Å². The van der Waals surface area contributed by atoms with Crippen LogP contribution in [0, 0.1) is 11.6 Å². The van der Waals surface area contributed by atoms with E-state index in [4.69, 9.17) is 0 Å². The molecule has 0 aliphatic carbocycles. The molecule has 2 aromatic rings. The summed E-state index contributed by atoms with van der Waals surface area (Å²) in [6, 6.07) is 11.0. The van der Waals surface area contributed by atoms with Gasteiger partial charge in [-0.05, 0) is 48.9 Å². The molecule has 5 nitrogen and oxygen atoms in total. The van der Waals surface area contributed by atoms with Crippen molar-refractivity contribution in [3.05, 3.63) is 65.7 Å². The fourth-order valence-electron chi connectivity index (χ4n) is 1.94. The van der Waals surface area contributed by atoms with Gasteiger partial charge < -0.3 is 5.32 Å². The number of benzene rings is 2. The molecule has 0 aromatic heterocycles. The first-order chi connectivity index (χ1) is 11.9. The van der Waals surface area contributed by atoms with Crippen molar-refractivity contribution in [2.24, 2.45) is 5.10 Å². The fraction of sp³-hybridized carbons (Fsp3) is 0.167. The second kappa shape index (κ2) is 8.68. The van der Waals surface area contributed by atoms with Crippen molar-refractivity contribution in [3.8, 4) is 0 Å². The van der Waals surface area contributed by atoms with Crippen LogP contribution in [-0.4, -0.2) is 17.5 Å². The summed E-state index contributed by atoms with van der Waals surface area (Å²) in [5.41, 5.74) is 4.00. The minimum absolute atomic E-state index is 0.0334. The van der Waals surface area contributed by atoms with Gasteiger partial charge in [0.15, 0.2) is 0 Å². The number of nitrogens with zero attached hydrogens (tertiary/aromatic N) is 1. The highest BCUT2D eigenvalue weighted by Crippen LogP contribution is 2.09. The van der Waals surface area contributed by atoms with Crippen LogP contribution in [0.3, 0.4) is 0 Å². The highest BCUT2D eigenvalue weighted by molar-refractivity contribution is 5.99. The van der Waals surface area contributed by atoms with Crippen LogP contribution in [0.1, 0.15) is 25.3 Å². The van der Waals surface area contributed by atoms with E-state index in [0.717, 1.165) is 0 Å². The average molecular weight is 345 g/mol. The molecule has 2 aromatic carbocycles. The van der Waals surface area contributed by atoms with Gasteiger partial charge in [0, 0.05) is 18.5 Å². The van der Waals surface area contributed by atoms with Crippen LogP contribution in [0.4, 0.5) is 14.5 Å². The van der Waals surface area contributed by atoms with E-state index in [0.29, 0.717) is 17.0 Å². The molecule has 0 aliphatic rings. The van der Waals surface area contributed by atoms with Crippen molar-refractivity contribution in [1.29, 1.82) is 0 Å². The Morgan fingerprint density at radius 2 is 1.40 bits per heavy atom. The summed E-state index contributed by atoms with van der Waals surface area (Å²) in [6.45, 7) is 1.68. The molecule has 0 unspecified atom stereocenters. The smallest absolute Gasteiger partial charge is 0.240 e. The van der Waals surface area contributed by atoms with Gasteiger partial charge in [-0.25, -0.2) is 14.2 Å². The van der Waals surface area contributed by atoms with Gasteiger partial charge in [0.1, 0.15) is 11.6 Å². The number of carbonyl (C=O) groups is 2. The van der Waals surface area contributed by atoms with Crippen LogP contribution in [0.5, 0.6) is 0 Å². The topological polar surface area (TPSA) is 70.6 Å². The normalized spacial score (nSPS) is 11.1. The lowest BCUT2D eigenvalue weighted by atomic mass is 10.1. The molecular weight excluding hydrogens is 328 g/mol. The minimum atomic E-state index is -0.421. The number of hydrazone groups is 1. The molecule has 0 spiro atoms. The molecule has 130 valence electrons. The van der Waals surface area contributed by atoms with Gasteiger partial charge in [0.05, 0.1) is 5.71 Å². The number of anilines is 1. The van der Waals surface area contributed by atoms with Crippen LogP contribution in [0.25, 0.3) is 0 Å². The lowest BCUT2D eigenvalue weighted by Crippen LogP contribution is -2.21. The first kappa shape index (κ1) is 18.3. The van der Waals surface area contributed by atoms with E-state index in [1.165, 1.54) is 36.4 Å². The Kier molecular flexibility index (Phi) is 6.33. The monoisotopic (exact) mass is 345 g/mol. The van der Waals surface area contributed by atoms with E-state index in [1.54, 1.807) is 19.1 Å². The summed E-state index contributed by atoms with van der Waals surface area (Å²) in [5, 5.41) is 6.48. The second-order valence-corrected chi connectivity index (χ2v) is 5.29. The van der Waals surface area contributed by atoms with Crippen molar-refractivity contribution in [1.82, 2.24) is 5.43 Å². The van der Waals surface area contributed by atoms with Crippen molar-refractivity contribution in [2.75, 3.05) is 5.32 Å². The molecule has 0 fully saturated rings. The number of amides is 2. The summed E-state index contributed by atoms with van der Waals surface area (Å²) in [5.74, 6) is -1.53. The zero-order valence-electron chi connectivity index (χ0n) is 13.6. The van der Waals surface area contributed by atoms with Gasteiger partial charge in [0.2, 0.25) is 11.8 Å². The number of rotatable bonds is 6. The SMILES string of the molecule is C/C(=N\NC(=O)CCC(=O)Nc1ccc(F)cc1)c1ccc(F)cc1. The average Bonchev–Trinajstić information content (AvgIpc) is 2.60. The van der Waals surface area contributed by atoms with Crippen molar-refractivity contribution < 1.29 is 18.4 Å². The largest absolute Gasteiger partial charge is 0.326 e. The van der Waals surface area contributed by atoms with Crippen LogP contribution >= 0.6 is 0 Å². The maximum absolute atomic E-state index is 12.9. The van der Waals surface area contributed by atoms with E-state index >= 15 is 0 Å². The zero-order chi connectivity index (χ0) is 18.2. The Morgan fingerprint density at radius 1 is 0.880 bits per heavy atom. The van der Waals surface area contributed by atoms with Gasteiger partial charge in [-0.1, -0.05) is 12.1 Å². The highest BCUT2D eigenvalue weighted by Gasteiger charge is 2.07. The summed E-state index contributed by atoms with van der Waals surface area (Å²) in [7, 11) is 0. The Labute approximate surface area is 143 Å². The molecule has 2 N–H and O–H groups in total. The van der Waals surface area contributed by atoms with E-state index in [2.05, 4.69) is 15.8 Å². The van der Waals surface area contributed by atoms with Crippen LogP contribution in [0.2, 0.25) is 0 Å². The molecule has 0 radical (unpaired) electrons. The fourth-order valence-corrected chi connectivity index (χ4v) is 1.94. The predicted octanol–water partition coefficient (Wildman–Crippen LogP) is 3.22. The van der Waals surface area contributed by atoms with Crippen molar-refractivity contribution in [2.45, 2.75) is 19.8 Å². The predicted molar refractivity (Wildman–Crippen MR) is 91.0 cm³/mol. The lowest BCUT2D eigenvalue weighted by molar-refractivity contribution is -0.124. The van der Waals surface area contributed by atoms with Crippen molar-refractivity contribution in [3.63, 3.8) is 0 Å². The number of hydrogen-bond donors (Lipinski definition) is 2. The summed E-state index contributed by atoms with van der Waals surface area (Å²) < 4.78 is 25.6. The minimum Gasteiger partial charge on any atom is -0.326 e. The number of halogens is 2. The Hall–Kier alpha value is -3.09. The Bertz CT molecular complexity index is 772. The molecule has 2 amide bonds. The molecule has 0 saturated heterocycles. The highest BCUT2D eigenvalue weighted by atomic mass is 19.1. The molecule has 0 aliphatic heterocycles. The zero-order valence-corrected chi connectivity index (χ0v) is 13.6. The van der Waals surface area contributed by atoms with Gasteiger partial charge in [-0.3, -0.25) is 9.59 Å². The third-order valence-corrected chi connectivity index (χ3v) is 3.32. The first-order valence-corrected chi connectivity index (χ1v) is 7.58. The molecule has 0 bridgehead atoms. The van der Waals surface area contributed by atoms with Gasteiger partial charge in [-0.15, -0.1) is 0 Å². The molecular formula is C18H17F2N3O2. The third-order valence-electron chi connectivity index (χ3n) is 3.32. The molecule has 25 heavy (non-hydrogen) atoms. The van der Waals surface area contributed by atoms with E-state index < -0.39 is 11.7 Å². The molecule has 0 saturated carbocycles. The first-order valence-electron chi connectivity index (χ1n) is 7.58. The molecule has 0 heterocycles. The lowest BCUT2D eigenvalue weighted by Gasteiger charge is -2.05. The van der Waals surface area contributed by atoms with Gasteiger partial charge >= 0.3 is 0 Å². The van der Waals surface area contributed by atoms with Crippen molar-refractivity contribution >= 4 is 23.2 Å². The van der Waals surface area contributed by atoms with Crippen LogP contribution < -0.4 is 10.7 Å². The van der Waals surface area contributed by atoms with Gasteiger partial charge in [0.25, 0.3) is 0 Å². The second-order valence-electron chi connectivity index (χ2n) is 5.29. The third kappa shape index (κ3) is 6.14. The summed E-state index contributed by atoms with van der Waals surface area (Å²) >= 11 is 0. The van der Waals surface area contributed by atoms with Crippen LogP contribution in [-0.2, 0) is 9.59 Å². The molecule has 0 atom stereocenters. The molecule has 2 rings (SSSR count). The molecule has 7 heteroatoms. The Balaban J connectivity index is 1.77. The van der Waals surface area contributed by atoms with Gasteiger partial charge in [-0.2, -0.15) is 5.10 Å². The standard InChI is InChI=1S/C18H17F2N3O2/c1-12(13-2-4-14(19)5-3-13)22-23-18(25)11-10-17(24)21-16-8-6-15(20)7-9-16/h2-9H,10-11H2,1H3,(H,21,24)(H,23,25)/b22-12+. The number of carbonyl (C=O) groups excluding carboxylic acids is 2. The quantitative estimate of drug-likeness (QED) is 0.623. The van der Waals surface area contributed by atoms with E-state index in [1.807, 2.05) is 0 Å². The Morgan fingerprint density at radius 3 is 2.00 bits per heavy atom. The van der Waals surface area contributed by atoms with Crippen LogP contribution in [0.15, 0.2) is 53.6 Å². The van der Waals surface area contributed by atoms with E-state index in [9.17, 15) is 18.4 Å². The maximum Gasteiger partial charge on any atom is 0.240 e. The summed E-state index contributed by atoms with van der Waals surface area (Å²) in [6.07, 6.45) is -0.0818.